The average molecular weight is 442 g/mol. The van der Waals surface area contributed by atoms with E-state index in [4.69, 9.17) is 9.72 Å². The van der Waals surface area contributed by atoms with Crippen LogP contribution in [0.3, 0.4) is 0 Å². The van der Waals surface area contributed by atoms with E-state index in [0.29, 0.717) is 5.56 Å². The molecule has 8 heteroatoms. The number of nitrogens with zero attached hydrogens (tertiary/aromatic N) is 4. The number of fused-ring (bicyclic) bond motifs is 1. The zero-order chi connectivity index (χ0) is 22.1. The van der Waals surface area contributed by atoms with Crippen molar-refractivity contribution in [1.82, 2.24) is 25.0 Å². The molecule has 1 saturated heterocycles. The Morgan fingerprint density at radius 1 is 1.23 bits per heavy atom. The van der Waals surface area contributed by atoms with E-state index in [1.165, 1.54) is 9.75 Å². The van der Waals surface area contributed by atoms with Crippen molar-refractivity contribution >= 4 is 28.3 Å². The molecule has 4 rings (SSSR count). The van der Waals surface area contributed by atoms with E-state index >= 15 is 0 Å². The van der Waals surface area contributed by atoms with Crippen molar-refractivity contribution in [3.63, 3.8) is 0 Å². The lowest BCUT2D eigenvalue weighted by molar-refractivity contribution is 0.0342. The molecular formula is C23H31N5O2S. The number of pyridine rings is 1. The standard InChI is InChI=1S/C23H31N5O2S/c1-14(2)28-22-20(12-24-28)19(11-21(26-22)18-10-16(4)31-17(18)5)23(29)25-15(3)13-27-6-8-30-9-7-27/h10-12,14-15H,6-9,13H2,1-5H3,(H,25,29)/t15-/m1/s1. The van der Waals surface area contributed by atoms with Gasteiger partial charge in [0.2, 0.25) is 0 Å². The Morgan fingerprint density at radius 3 is 2.61 bits per heavy atom. The van der Waals surface area contributed by atoms with Crippen LogP contribution in [0.25, 0.3) is 22.3 Å². The molecule has 0 aromatic carbocycles. The molecule has 0 radical (unpaired) electrons. The van der Waals surface area contributed by atoms with Crippen molar-refractivity contribution in [1.29, 1.82) is 0 Å². The summed E-state index contributed by atoms with van der Waals surface area (Å²) in [7, 11) is 0. The summed E-state index contributed by atoms with van der Waals surface area (Å²) in [5.74, 6) is -0.0812. The van der Waals surface area contributed by atoms with Crippen molar-refractivity contribution < 1.29 is 9.53 Å². The van der Waals surface area contributed by atoms with Crippen LogP contribution in [0, 0.1) is 13.8 Å². The van der Waals surface area contributed by atoms with Gasteiger partial charge in [-0.05, 0) is 46.8 Å². The smallest absolute Gasteiger partial charge is 0.252 e. The van der Waals surface area contributed by atoms with Gasteiger partial charge in [-0.1, -0.05) is 0 Å². The predicted octanol–water partition coefficient (Wildman–Crippen LogP) is 3.81. The molecule has 166 valence electrons. The van der Waals surface area contributed by atoms with Gasteiger partial charge in [0.1, 0.15) is 0 Å². The second kappa shape index (κ2) is 9.06. The molecule has 3 aromatic rings. The molecule has 0 aliphatic carbocycles. The predicted molar refractivity (Wildman–Crippen MR) is 125 cm³/mol. The molecule has 0 bridgehead atoms. The number of hydrogen-bond acceptors (Lipinski definition) is 6. The molecule has 1 atom stereocenters. The van der Waals surface area contributed by atoms with Crippen LogP contribution in [0.2, 0.25) is 0 Å². The fourth-order valence-corrected chi connectivity index (χ4v) is 5.06. The highest BCUT2D eigenvalue weighted by Gasteiger charge is 2.22. The molecule has 0 spiro atoms. The van der Waals surface area contributed by atoms with Crippen LogP contribution in [-0.4, -0.2) is 64.5 Å². The maximum Gasteiger partial charge on any atom is 0.252 e. The highest BCUT2D eigenvalue weighted by molar-refractivity contribution is 7.12. The number of thiophene rings is 1. The molecular weight excluding hydrogens is 410 g/mol. The van der Waals surface area contributed by atoms with Crippen LogP contribution in [0.1, 0.15) is 46.9 Å². The van der Waals surface area contributed by atoms with Crippen LogP contribution < -0.4 is 5.32 Å². The quantitative estimate of drug-likeness (QED) is 0.630. The first-order valence-electron chi connectivity index (χ1n) is 10.9. The third-order valence-corrected chi connectivity index (χ3v) is 6.60. The van der Waals surface area contributed by atoms with E-state index in [1.807, 2.05) is 10.7 Å². The highest BCUT2D eigenvalue weighted by Crippen LogP contribution is 2.32. The van der Waals surface area contributed by atoms with Crippen molar-refractivity contribution in [2.45, 2.75) is 46.7 Å². The maximum absolute atomic E-state index is 13.3. The molecule has 3 aromatic heterocycles. The molecule has 1 fully saturated rings. The molecule has 1 amide bonds. The third kappa shape index (κ3) is 4.66. The molecule has 0 unspecified atom stereocenters. The van der Waals surface area contributed by atoms with E-state index in [2.05, 4.69) is 56.0 Å². The number of rotatable bonds is 6. The molecule has 1 aliphatic heterocycles. The van der Waals surface area contributed by atoms with Gasteiger partial charge in [-0.15, -0.1) is 11.3 Å². The Bertz CT molecular complexity index is 1080. The average Bonchev–Trinajstić information content (AvgIpc) is 3.30. The number of morpholine rings is 1. The van der Waals surface area contributed by atoms with Crippen molar-refractivity contribution in [2.75, 3.05) is 32.8 Å². The van der Waals surface area contributed by atoms with Gasteiger partial charge in [0.05, 0.1) is 36.1 Å². The van der Waals surface area contributed by atoms with E-state index in [9.17, 15) is 4.79 Å². The first kappa shape index (κ1) is 21.9. The molecule has 1 aliphatic rings. The van der Waals surface area contributed by atoms with Crippen LogP contribution in [0.5, 0.6) is 0 Å². The van der Waals surface area contributed by atoms with E-state index in [1.54, 1.807) is 17.5 Å². The van der Waals surface area contributed by atoms with Crippen LogP contribution >= 0.6 is 11.3 Å². The van der Waals surface area contributed by atoms with Crippen LogP contribution in [-0.2, 0) is 4.74 Å². The summed E-state index contributed by atoms with van der Waals surface area (Å²) in [6, 6.07) is 4.25. The van der Waals surface area contributed by atoms with Gasteiger partial charge >= 0.3 is 0 Å². The minimum atomic E-state index is -0.0812. The first-order chi connectivity index (χ1) is 14.8. The number of aryl methyl sites for hydroxylation is 2. The summed E-state index contributed by atoms with van der Waals surface area (Å²) in [5, 5.41) is 8.51. The second-order valence-corrected chi connectivity index (χ2v) is 10.1. The fourth-order valence-electron chi connectivity index (χ4n) is 4.13. The van der Waals surface area contributed by atoms with Crippen LogP contribution in [0.4, 0.5) is 0 Å². The Labute approximate surface area is 187 Å². The summed E-state index contributed by atoms with van der Waals surface area (Å²) in [4.78, 5) is 23.0. The minimum absolute atomic E-state index is 0.0301. The zero-order valence-electron chi connectivity index (χ0n) is 18.9. The van der Waals surface area contributed by atoms with E-state index < -0.39 is 0 Å². The topological polar surface area (TPSA) is 72.3 Å². The number of carbonyl (C=O) groups excluding carboxylic acids is 1. The lowest BCUT2D eigenvalue weighted by atomic mass is 10.1. The minimum Gasteiger partial charge on any atom is -0.379 e. The van der Waals surface area contributed by atoms with Gasteiger partial charge in [-0.2, -0.15) is 5.10 Å². The van der Waals surface area contributed by atoms with Gasteiger partial charge < -0.3 is 10.1 Å². The number of ether oxygens (including phenoxy) is 1. The molecule has 31 heavy (non-hydrogen) atoms. The monoisotopic (exact) mass is 441 g/mol. The first-order valence-corrected chi connectivity index (χ1v) is 11.7. The third-order valence-electron chi connectivity index (χ3n) is 5.63. The Balaban J connectivity index is 1.68. The van der Waals surface area contributed by atoms with Gasteiger partial charge in [0.15, 0.2) is 5.65 Å². The summed E-state index contributed by atoms with van der Waals surface area (Å²) >= 11 is 1.75. The summed E-state index contributed by atoms with van der Waals surface area (Å²) in [5.41, 5.74) is 3.28. The van der Waals surface area contributed by atoms with Crippen molar-refractivity contribution in [2.24, 2.45) is 0 Å². The van der Waals surface area contributed by atoms with Crippen molar-refractivity contribution in [3.8, 4) is 11.3 Å². The largest absolute Gasteiger partial charge is 0.379 e. The molecule has 4 heterocycles. The number of amides is 1. The Kier molecular flexibility index (Phi) is 6.41. The zero-order valence-corrected chi connectivity index (χ0v) is 19.8. The maximum atomic E-state index is 13.3. The fraction of sp³-hybridized carbons (Fsp3) is 0.522. The van der Waals surface area contributed by atoms with Gasteiger partial charge in [-0.3, -0.25) is 9.69 Å². The van der Waals surface area contributed by atoms with Crippen LogP contribution in [0.15, 0.2) is 18.3 Å². The normalized spacial score (nSPS) is 16.2. The Morgan fingerprint density at radius 2 is 1.97 bits per heavy atom. The SMILES string of the molecule is Cc1cc(-c2cc(C(=O)N[C@H](C)CN3CCOCC3)c3cnn(C(C)C)c3n2)c(C)s1. The van der Waals surface area contributed by atoms with E-state index in [-0.39, 0.29) is 18.0 Å². The summed E-state index contributed by atoms with van der Waals surface area (Å²) in [6.07, 6.45) is 1.76. The highest BCUT2D eigenvalue weighted by atomic mass is 32.1. The number of hydrogen-bond donors (Lipinski definition) is 1. The lowest BCUT2D eigenvalue weighted by Crippen LogP contribution is -2.46. The van der Waals surface area contributed by atoms with E-state index in [0.717, 1.165) is 55.1 Å². The molecule has 0 saturated carbocycles. The second-order valence-electron chi connectivity index (χ2n) is 8.59. The number of aromatic nitrogens is 3. The lowest BCUT2D eigenvalue weighted by Gasteiger charge is -2.29. The summed E-state index contributed by atoms with van der Waals surface area (Å²) < 4.78 is 7.31. The molecule has 7 nitrogen and oxygen atoms in total. The Hall–Kier alpha value is -2.29. The molecule has 1 N–H and O–H groups in total. The summed E-state index contributed by atoms with van der Waals surface area (Å²) in [6.45, 7) is 14.5. The van der Waals surface area contributed by atoms with Gasteiger partial charge in [-0.25, -0.2) is 9.67 Å². The van der Waals surface area contributed by atoms with Gasteiger partial charge in [0, 0.05) is 47.0 Å². The number of nitrogens with one attached hydrogen (secondary N) is 1. The van der Waals surface area contributed by atoms with Crippen molar-refractivity contribution in [3.05, 3.63) is 33.6 Å². The number of carbonyl (C=O) groups is 1. The van der Waals surface area contributed by atoms with Gasteiger partial charge in [0.25, 0.3) is 5.91 Å².